The Labute approximate surface area is 65.2 Å². The third-order valence-electron chi connectivity index (χ3n) is 1.27. The third-order valence-corrected chi connectivity index (χ3v) is 1.27. The van der Waals surface area contributed by atoms with E-state index in [1.807, 2.05) is 0 Å². The largest absolute Gasteiger partial charge is 0.471 e. The first-order chi connectivity index (χ1) is 5.33. The highest BCUT2D eigenvalue weighted by molar-refractivity contribution is 5.92. The molecule has 0 aliphatic carbocycles. The van der Waals surface area contributed by atoms with E-state index in [1.165, 1.54) is 6.08 Å². The van der Waals surface area contributed by atoms with Gasteiger partial charge in [-0.05, 0) is 0 Å². The topological polar surface area (TPSA) is 47.6 Å². The van der Waals surface area contributed by atoms with Crippen LogP contribution in [0.15, 0.2) is 12.0 Å². The Bertz CT molecular complexity index is 177. The third kappa shape index (κ3) is 2.59. The second kappa shape index (κ2) is 3.98. The van der Waals surface area contributed by atoms with Crippen LogP contribution in [0.3, 0.4) is 0 Å². The molecule has 62 valence electrons. The van der Waals surface area contributed by atoms with Crippen LogP contribution in [0.1, 0.15) is 0 Å². The molecule has 0 atom stereocenters. The molecule has 0 saturated carbocycles. The van der Waals surface area contributed by atoms with Gasteiger partial charge in [-0.3, -0.25) is 4.79 Å². The van der Waals surface area contributed by atoms with Gasteiger partial charge in [-0.1, -0.05) is 0 Å². The zero-order valence-corrected chi connectivity index (χ0v) is 6.42. The number of ether oxygens (including phenoxy) is 2. The molecule has 11 heavy (non-hydrogen) atoms. The molecule has 1 rings (SSSR count). The number of rotatable bonds is 4. The number of ketones is 1. The van der Waals surface area contributed by atoms with Crippen LogP contribution in [0.25, 0.3) is 0 Å². The van der Waals surface area contributed by atoms with E-state index in [0.717, 1.165) is 0 Å². The molecule has 0 aromatic heterocycles. The molecule has 0 saturated heterocycles. The van der Waals surface area contributed by atoms with Gasteiger partial charge < -0.3 is 14.8 Å². The van der Waals surface area contributed by atoms with Crippen molar-refractivity contribution in [3.8, 4) is 0 Å². The summed E-state index contributed by atoms with van der Waals surface area (Å²) in [7, 11) is 1.62. The Morgan fingerprint density at radius 2 is 2.64 bits per heavy atom. The Morgan fingerprint density at radius 1 is 1.82 bits per heavy atom. The van der Waals surface area contributed by atoms with Crippen molar-refractivity contribution in [3.63, 3.8) is 0 Å². The van der Waals surface area contributed by atoms with Crippen molar-refractivity contribution in [2.75, 3.05) is 26.9 Å². The standard InChI is InChI=1S/C7H11NO3/c1-10-3-2-8-7-4-6(9)5-11-7/h4,8H,2-3,5H2,1H3. The molecule has 0 radical (unpaired) electrons. The van der Waals surface area contributed by atoms with Crippen LogP contribution < -0.4 is 5.32 Å². The number of hydrogen-bond acceptors (Lipinski definition) is 4. The van der Waals surface area contributed by atoms with Gasteiger partial charge in [-0.25, -0.2) is 0 Å². The minimum atomic E-state index is 0.00455. The molecule has 1 aliphatic heterocycles. The highest BCUT2D eigenvalue weighted by Crippen LogP contribution is 2.01. The molecule has 0 amide bonds. The fourth-order valence-corrected chi connectivity index (χ4v) is 0.757. The number of methoxy groups -OCH3 is 1. The predicted molar refractivity (Wildman–Crippen MR) is 38.9 cm³/mol. The summed E-state index contributed by atoms with van der Waals surface area (Å²) in [5.74, 6) is 0.553. The molecule has 1 aliphatic rings. The molecule has 1 heterocycles. The zero-order chi connectivity index (χ0) is 8.10. The molecule has 0 aromatic rings. The van der Waals surface area contributed by atoms with E-state index in [0.29, 0.717) is 19.0 Å². The number of carbonyl (C=O) groups excluding carboxylic acids is 1. The summed E-state index contributed by atoms with van der Waals surface area (Å²) in [6.07, 6.45) is 1.45. The zero-order valence-electron chi connectivity index (χ0n) is 6.42. The minimum Gasteiger partial charge on any atom is -0.471 e. The van der Waals surface area contributed by atoms with E-state index in [9.17, 15) is 4.79 Å². The Balaban J connectivity index is 2.17. The number of carbonyl (C=O) groups is 1. The van der Waals surface area contributed by atoms with Crippen molar-refractivity contribution in [2.24, 2.45) is 0 Å². The van der Waals surface area contributed by atoms with Crippen LogP contribution >= 0.6 is 0 Å². The van der Waals surface area contributed by atoms with Crippen LogP contribution in [0.5, 0.6) is 0 Å². The highest BCUT2D eigenvalue weighted by Gasteiger charge is 2.11. The van der Waals surface area contributed by atoms with Gasteiger partial charge in [0.2, 0.25) is 0 Å². The maximum atomic E-state index is 10.6. The van der Waals surface area contributed by atoms with Gasteiger partial charge in [0.25, 0.3) is 0 Å². The molecule has 0 unspecified atom stereocenters. The molecule has 1 N–H and O–H groups in total. The average Bonchev–Trinajstić information content (AvgIpc) is 2.37. The van der Waals surface area contributed by atoms with Crippen molar-refractivity contribution >= 4 is 5.78 Å². The molecular weight excluding hydrogens is 146 g/mol. The van der Waals surface area contributed by atoms with Crippen molar-refractivity contribution in [2.45, 2.75) is 0 Å². The van der Waals surface area contributed by atoms with Crippen LogP contribution in [-0.4, -0.2) is 32.7 Å². The minimum absolute atomic E-state index is 0.00455. The number of nitrogens with one attached hydrogen (secondary N) is 1. The normalized spacial score (nSPS) is 16.1. The quantitative estimate of drug-likeness (QED) is 0.567. The average molecular weight is 157 g/mol. The van der Waals surface area contributed by atoms with E-state index in [1.54, 1.807) is 7.11 Å². The first kappa shape index (κ1) is 8.07. The summed E-state index contributed by atoms with van der Waals surface area (Å²) in [5.41, 5.74) is 0. The highest BCUT2D eigenvalue weighted by atomic mass is 16.5. The first-order valence-electron chi connectivity index (χ1n) is 3.43. The summed E-state index contributed by atoms with van der Waals surface area (Å²) in [6, 6.07) is 0. The van der Waals surface area contributed by atoms with Crippen LogP contribution in [-0.2, 0) is 14.3 Å². The Kier molecular flexibility index (Phi) is 2.92. The second-order valence-corrected chi connectivity index (χ2v) is 2.18. The fraction of sp³-hybridized carbons (Fsp3) is 0.571. The molecule has 4 nitrogen and oxygen atoms in total. The monoisotopic (exact) mass is 157 g/mol. The maximum Gasteiger partial charge on any atom is 0.198 e. The van der Waals surface area contributed by atoms with E-state index in [-0.39, 0.29) is 12.4 Å². The van der Waals surface area contributed by atoms with Crippen molar-refractivity contribution in [1.29, 1.82) is 0 Å². The number of hydrogen-bond donors (Lipinski definition) is 1. The lowest BCUT2D eigenvalue weighted by atomic mass is 10.4. The van der Waals surface area contributed by atoms with Crippen LogP contribution in [0.2, 0.25) is 0 Å². The molecule has 0 aromatic carbocycles. The summed E-state index contributed by atoms with van der Waals surface area (Å²) < 4.78 is 9.75. The van der Waals surface area contributed by atoms with E-state index in [2.05, 4.69) is 5.32 Å². The molecule has 0 spiro atoms. The van der Waals surface area contributed by atoms with Crippen LogP contribution in [0.4, 0.5) is 0 Å². The van der Waals surface area contributed by atoms with Gasteiger partial charge in [0.1, 0.15) is 0 Å². The molecular formula is C7H11NO3. The lowest BCUT2D eigenvalue weighted by molar-refractivity contribution is -0.115. The van der Waals surface area contributed by atoms with Gasteiger partial charge in [0, 0.05) is 19.7 Å². The fourth-order valence-electron chi connectivity index (χ4n) is 0.757. The van der Waals surface area contributed by atoms with Crippen LogP contribution in [0, 0.1) is 0 Å². The van der Waals surface area contributed by atoms with E-state index < -0.39 is 0 Å². The van der Waals surface area contributed by atoms with Gasteiger partial charge in [0.05, 0.1) is 6.61 Å². The smallest absolute Gasteiger partial charge is 0.198 e. The molecule has 4 heteroatoms. The van der Waals surface area contributed by atoms with Crippen molar-refractivity contribution in [1.82, 2.24) is 5.32 Å². The predicted octanol–water partition coefficient (Wildman–Crippen LogP) is -0.337. The summed E-state index contributed by atoms with van der Waals surface area (Å²) in [5, 5.41) is 2.91. The summed E-state index contributed by atoms with van der Waals surface area (Å²) in [6.45, 7) is 1.43. The molecule has 0 fully saturated rings. The summed E-state index contributed by atoms with van der Waals surface area (Å²) in [4.78, 5) is 10.6. The summed E-state index contributed by atoms with van der Waals surface area (Å²) >= 11 is 0. The van der Waals surface area contributed by atoms with Gasteiger partial charge in [-0.15, -0.1) is 0 Å². The van der Waals surface area contributed by atoms with Gasteiger partial charge >= 0.3 is 0 Å². The Morgan fingerprint density at radius 3 is 3.18 bits per heavy atom. The van der Waals surface area contributed by atoms with Crippen molar-refractivity contribution in [3.05, 3.63) is 12.0 Å². The lowest BCUT2D eigenvalue weighted by Gasteiger charge is -2.04. The van der Waals surface area contributed by atoms with E-state index >= 15 is 0 Å². The first-order valence-corrected chi connectivity index (χ1v) is 3.43. The second-order valence-electron chi connectivity index (χ2n) is 2.18. The lowest BCUT2D eigenvalue weighted by Crippen LogP contribution is -2.18. The maximum absolute atomic E-state index is 10.6. The SMILES string of the molecule is COCCNC1=CC(=O)CO1. The van der Waals surface area contributed by atoms with Crippen molar-refractivity contribution < 1.29 is 14.3 Å². The van der Waals surface area contributed by atoms with Gasteiger partial charge in [0.15, 0.2) is 18.3 Å². The van der Waals surface area contributed by atoms with Gasteiger partial charge in [-0.2, -0.15) is 0 Å². The Hall–Kier alpha value is -1.03. The molecule has 0 bridgehead atoms. The van der Waals surface area contributed by atoms with E-state index in [4.69, 9.17) is 9.47 Å².